The highest BCUT2D eigenvalue weighted by atomic mass is 32.2. The van der Waals surface area contributed by atoms with Crippen molar-refractivity contribution in [2.45, 2.75) is 25.3 Å². The van der Waals surface area contributed by atoms with E-state index < -0.39 is 21.9 Å². The molecule has 8 nitrogen and oxygen atoms in total. The van der Waals surface area contributed by atoms with Crippen LogP contribution in [0.25, 0.3) is 6.08 Å². The maximum Gasteiger partial charge on any atom is 0.311 e. The van der Waals surface area contributed by atoms with Crippen molar-refractivity contribution in [2.75, 3.05) is 0 Å². The topological polar surface area (TPSA) is 117 Å². The van der Waals surface area contributed by atoms with E-state index >= 15 is 0 Å². The second-order valence-corrected chi connectivity index (χ2v) is 7.84. The molecule has 1 fully saturated rings. The van der Waals surface area contributed by atoms with E-state index in [2.05, 4.69) is 41.8 Å². The number of carbonyl (C=O) groups excluding carboxylic acids is 1. The Bertz CT molecular complexity index is 986. The van der Waals surface area contributed by atoms with Crippen molar-refractivity contribution in [2.24, 2.45) is 5.10 Å². The SMILES string of the molecule is CC(C)c1ccc(C=NN[C@H]2NC(=O)/C(=C/c3ccc(O)c([N+](=O)[O-])c3)S2)cc1. The Morgan fingerprint density at radius 1 is 1.24 bits per heavy atom. The van der Waals surface area contributed by atoms with Gasteiger partial charge in [-0.05, 0) is 34.8 Å². The fourth-order valence-corrected chi connectivity index (χ4v) is 3.54. The van der Waals surface area contributed by atoms with Crippen LogP contribution in [0.3, 0.4) is 0 Å². The Morgan fingerprint density at radius 3 is 2.59 bits per heavy atom. The van der Waals surface area contributed by atoms with Gasteiger partial charge in [-0.3, -0.25) is 20.3 Å². The van der Waals surface area contributed by atoms with Crippen LogP contribution in [0.5, 0.6) is 5.75 Å². The van der Waals surface area contributed by atoms with E-state index in [1.165, 1.54) is 41.6 Å². The van der Waals surface area contributed by atoms with Crippen LogP contribution in [-0.2, 0) is 4.79 Å². The molecule has 0 aromatic heterocycles. The fraction of sp³-hybridized carbons (Fsp3) is 0.200. The van der Waals surface area contributed by atoms with Gasteiger partial charge in [0.05, 0.1) is 16.0 Å². The maximum atomic E-state index is 12.1. The maximum absolute atomic E-state index is 12.1. The molecule has 0 spiro atoms. The molecule has 1 atom stereocenters. The van der Waals surface area contributed by atoms with Crippen LogP contribution >= 0.6 is 11.8 Å². The molecule has 29 heavy (non-hydrogen) atoms. The van der Waals surface area contributed by atoms with Crippen LogP contribution in [0.4, 0.5) is 5.69 Å². The number of nitrogens with zero attached hydrogens (tertiary/aromatic N) is 2. The Hall–Kier alpha value is -3.33. The van der Waals surface area contributed by atoms with Gasteiger partial charge < -0.3 is 10.4 Å². The van der Waals surface area contributed by atoms with Gasteiger partial charge in [0.1, 0.15) is 0 Å². The van der Waals surface area contributed by atoms with Crippen molar-refractivity contribution < 1.29 is 14.8 Å². The average molecular weight is 412 g/mol. The summed E-state index contributed by atoms with van der Waals surface area (Å²) in [6.07, 6.45) is 3.20. The van der Waals surface area contributed by atoms with E-state index in [-0.39, 0.29) is 5.91 Å². The molecule has 0 unspecified atom stereocenters. The second-order valence-electron chi connectivity index (χ2n) is 6.69. The summed E-state index contributed by atoms with van der Waals surface area (Å²) in [6, 6.07) is 12.0. The number of amides is 1. The summed E-state index contributed by atoms with van der Waals surface area (Å²) in [7, 11) is 0. The normalized spacial score (nSPS) is 17.8. The smallest absolute Gasteiger partial charge is 0.311 e. The first kappa shape index (κ1) is 20.4. The van der Waals surface area contributed by atoms with Crippen molar-refractivity contribution in [3.63, 3.8) is 0 Å². The Labute approximate surface area is 171 Å². The van der Waals surface area contributed by atoms with Crippen LogP contribution < -0.4 is 10.7 Å². The van der Waals surface area contributed by atoms with Gasteiger partial charge >= 0.3 is 5.69 Å². The number of hydrogen-bond acceptors (Lipinski definition) is 7. The summed E-state index contributed by atoms with van der Waals surface area (Å²) in [6.45, 7) is 4.26. The standard InChI is InChI=1S/C20H20N4O4S/c1-12(2)15-6-3-13(4-7-15)11-21-23-20-22-19(26)18(29-20)10-14-5-8-17(25)16(9-14)24(27)28/h3-12,20,23,25H,1-2H3,(H,22,26)/b18-10-,21-11?/t20-/m1/s1. The molecule has 0 saturated carbocycles. The third kappa shape index (κ3) is 5.14. The van der Waals surface area contributed by atoms with E-state index in [4.69, 9.17) is 0 Å². The summed E-state index contributed by atoms with van der Waals surface area (Å²) in [5.74, 6) is -0.264. The largest absolute Gasteiger partial charge is 0.502 e. The van der Waals surface area contributed by atoms with E-state index in [0.29, 0.717) is 16.4 Å². The summed E-state index contributed by atoms with van der Waals surface area (Å²) >= 11 is 1.22. The monoisotopic (exact) mass is 412 g/mol. The van der Waals surface area contributed by atoms with Gasteiger partial charge in [-0.2, -0.15) is 5.10 Å². The number of hydrogen-bond donors (Lipinski definition) is 3. The number of phenolic OH excluding ortho intramolecular Hbond substituents is 1. The molecular formula is C20H20N4O4S. The minimum Gasteiger partial charge on any atom is -0.502 e. The lowest BCUT2D eigenvalue weighted by atomic mass is 10.0. The number of carbonyl (C=O) groups is 1. The van der Waals surface area contributed by atoms with Crippen molar-refractivity contribution >= 4 is 35.6 Å². The number of nitrogens with one attached hydrogen (secondary N) is 2. The molecule has 0 aliphatic carbocycles. The van der Waals surface area contributed by atoms with Crippen LogP contribution in [0, 0.1) is 10.1 Å². The first-order chi connectivity index (χ1) is 13.8. The molecule has 3 rings (SSSR count). The molecule has 2 aromatic carbocycles. The minimum atomic E-state index is -0.675. The Morgan fingerprint density at radius 2 is 1.93 bits per heavy atom. The molecule has 150 valence electrons. The number of phenols is 1. The van der Waals surface area contributed by atoms with Gasteiger partial charge in [0.15, 0.2) is 11.2 Å². The van der Waals surface area contributed by atoms with E-state index in [1.54, 1.807) is 6.21 Å². The lowest BCUT2D eigenvalue weighted by Gasteiger charge is -2.07. The van der Waals surface area contributed by atoms with Gasteiger partial charge in [0, 0.05) is 6.07 Å². The third-order valence-electron chi connectivity index (χ3n) is 4.23. The Balaban J connectivity index is 1.63. The van der Waals surface area contributed by atoms with Crippen LogP contribution in [0.15, 0.2) is 52.5 Å². The zero-order valence-corrected chi connectivity index (χ0v) is 16.6. The predicted molar refractivity (Wildman–Crippen MR) is 114 cm³/mol. The van der Waals surface area contributed by atoms with E-state index in [0.717, 1.165) is 5.56 Å². The zero-order chi connectivity index (χ0) is 21.0. The molecule has 0 radical (unpaired) electrons. The van der Waals surface area contributed by atoms with Crippen LogP contribution in [-0.4, -0.2) is 27.6 Å². The number of aromatic hydroxyl groups is 1. The average Bonchev–Trinajstić information content (AvgIpc) is 3.02. The molecular weight excluding hydrogens is 392 g/mol. The van der Waals surface area contributed by atoms with Crippen molar-refractivity contribution in [3.8, 4) is 5.75 Å². The minimum absolute atomic E-state index is 0.306. The van der Waals surface area contributed by atoms with Gasteiger partial charge in [-0.15, -0.1) is 0 Å². The lowest BCUT2D eigenvalue weighted by molar-refractivity contribution is -0.385. The predicted octanol–water partition coefficient (Wildman–Crippen LogP) is 3.54. The van der Waals surface area contributed by atoms with Gasteiger partial charge in [0.2, 0.25) is 0 Å². The van der Waals surface area contributed by atoms with Gasteiger partial charge in [0.25, 0.3) is 5.91 Å². The molecule has 1 amide bonds. The van der Waals surface area contributed by atoms with Gasteiger partial charge in [-0.25, -0.2) is 0 Å². The molecule has 1 heterocycles. The van der Waals surface area contributed by atoms with E-state index in [1.807, 2.05) is 12.1 Å². The number of hydrazone groups is 1. The first-order valence-electron chi connectivity index (χ1n) is 8.88. The number of nitro groups is 1. The highest BCUT2D eigenvalue weighted by Gasteiger charge is 2.27. The number of nitro benzene ring substituents is 1. The molecule has 0 bridgehead atoms. The molecule has 1 saturated heterocycles. The highest BCUT2D eigenvalue weighted by molar-refractivity contribution is 8.05. The van der Waals surface area contributed by atoms with Crippen LogP contribution in [0.1, 0.15) is 36.5 Å². The van der Waals surface area contributed by atoms with Crippen molar-refractivity contribution in [1.82, 2.24) is 10.7 Å². The molecule has 3 N–H and O–H groups in total. The van der Waals surface area contributed by atoms with E-state index in [9.17, 15) is 20.0 Å². The summed E-state index contributed by atoms with van der Waals surface area (Å²) < 4.78 is 0. The highest BCUT2D eigenvalue weighted by Crippen LogP contribution is 2.31. The number of thioether (sulfide) groups is 1. The summed E-state index contributed by atoms with van der Waals surface area (Å²) in [5, 5.41) is 27.3. The summed E-state index contributed by atoms with van der Waals surface area (Å²) in [5.41, 5.74) is 4.63. The number of benzene rings is 2. The second kappa shape index (κ2) is 8.78. The summed E-state index contributed by atoms with van der Waals surface area (Å²) in [4.78, 5) is 22.8. The quantitative estimate of drug-likeness (QED) is 0.289. The zero-order valence-electron chi connectivity index (χ0n) is 15.8. The van der Waals surface area contributed by atoms with Crippen molar-refractivity contribution in [3.05, 3.63) is 74.2 Å². The molecule has 1 aliphatic rings. The third-order valence-corrected chi connectivity index (χ3v) is 5.25. The molecule has 1 aliphatic heterocycles. The molecule has 2 aromatic rings. The van der Waals surface area contributed by atoms with Crippen molar-refractivity contribution in [1.29, 1.82) is 0 Å². The molecule has 9 heteroatoms. The van der Waals surface area contributed by atoms with Gasteiger partial charge in [-0.1, -0.05) is 55.9 Å². The first-order valence-corrected chi connectivity index (χ1v) is 9.76. The Kier molecular flexibility index (Phi) is 6.18. The number of rotatable bonds is 6. The van der Waals surface area contributed by atoms with Crippen LogP contribution in [0.2, 0.25) is 0 Å². The lowest BCUT2D eigenvalue weighted by Crippen LogP contribution is -2.34. The fourth-order valence-electron chi connectivity index (χ4n) is 2.63.